The van der Waals surface area contributed by atoms with Gasteiger partial charge < -0.3 is 28.4 Å². The summed E-state index contributed by atoms with van der Waals surface area (Å²) in [6, 6.07) is 21.0. The first-order valence-corrected chi connectivity index (χ1v) is 32.6. The van der Waals surface area contributed by atoms with Crippen molar-refractivity contribution in [2.24, 2.45) is 0 Å². The van der Waals surface area contributed by atoms with Crippen LogP contribution in [0.3, 0.4) is 0 Å². The average Bonchev–Trinajstić information content (AvgIpc) is 3.50. The van der Waals surface area contributed by atoms with Crippen LogP contribution in [-0.4, -0.2) is 49.6 Å². The van der Waals surface area contributed by atoms with Crippen molar-refractivity contribution in [3.05, 3.63) is 60.7 Å². The zero-order valence-corrected chi connectivity index (χ0v) is 50.8. The SMILES string of the molecule is CCCCCCCCOc1cc(-c2cc(-c3ccccc3)nc(-c3cc(OCCCCCCCC)c(OCCCCCCCC)c(OCCCCCCCC)c3)n2)cc(OCCCCCCCC)c1OCCCCCCCC. The summed E-state index contributed by atoms with van der Waals surface area (Å²) in [5.74, 6) is 4.82. The molecular weight excluding hydrogens is 965 g/mol. The fourth-order valence-corrected chi connectivity index (χ4v) is 10.00. The molecule has 4 rings (SSSR count). The average molecular weight is 1080 g/mol. The minimum absolute atomic E-state index is 0.593. The molecule has 8 heteroatoms. The van der Waals surface area contributed by atoms with Crippen LogP contribution >= 0.6 is 0 Å². The normalized spacial score (nSPS) is 11.3. The molecule has 0 aliphatic carbocycles. The zero-order valence-electron chi connectivity index (χ0n) is 50.8. The van der Waals surface area contributed by atoms with Gasteiger partial charge in [-0.3, -0.25) is 0 Å². The molecule has 0 unspecified atom stereocenters. The van der Waals surface area contributed by atoms with Crippen LogP contribution in [0, 0.1) is 0 Å². The molecule has 0 saturated carbocycles. The third-order valence-corrected chi connectivity index (χ3v) is 14.9. The highest BCUT2D eigenvalue weighted by atomic mass is 16.5. The predicted octanol–water partition coefficient (Wildman–Crippen LogP) is 21.9. The van der Waals surface area contributed by atoms with Crippen LogP contribution in [0.2, 0.25) is 0 Å². The lowest BCUT2D eigenvalue weighted by Crippen LogP contribution is -2.08. The topological polar surface area (TPSA) is 81.2 Å². The number of benzene rings is 3. The summed E-state index contributed by atoms with van der Waals surface area (Å²) >= 11 is 0. The molecular formula is C70H112N2O6. The first kappa shape index (κ1) is 66.1. The van der Waals surface area contributed by atoms with Gasteiger partial charge in [0, 0.05) is 16.7 Å². The maximum atomic E-state index is 6.82. The van der Waals surface area contributed by atoms with Crippen molar-refractivity contribution in [3.8, 4) is 68.4 Å². The van der Waals surface area contributed by atoms with Gasteiger partial charge >= 0.3 is 0 Å². The van der Waals surface area contributed by atoms with Gasteiger partial charge in [-0.05, 0) is 68.9 Å². The summed E-state index contributed by atoms with van der Waals surface area (Å²) in [4.78, 5) is 10.9. The molecule has 78 heavy (non-hydrogen) atoms. The number of hydrogen-bond donors (Lipinski definition) is 0. The van der Waals surface area contributed by atoms with E-state index in [1.807, 2.05) is 0 Å². The Bertz CT molecular complexity index is 1870. The molecule has 0 radical (unpaired) electrons. The molecule has 1 heterocycles. The van der Waals surface area contributed by atoms with E-state index in [1.54, 1.807) is 0 Å². The van der Waals surface area contributed by atoms with Gasteiger partial charge in [-0.15, -0.1) is 0 Å². The monoisotopic (exact) mass is 1080 g/mol. The van der Waals surface area contributed by atoms with Crippen LogP contribution < -0.4 is 28.4 Å². The van der Waals surface area contributed by atoms with Crippen LogP contribution in [0.5, 0.6) is 34.5 Å². The van der Waals surface area contributed by atoms with Crippen molar-refractivity contribution in [1.29, 1.82) is 0 Å². The second-order valence-electron chi connectivity index (χ2n) is 22.1. The molecule has 0 fully saturated rings. The second-order valence-corrected chi connectivity index (χ2v) is 22.1. The molecule has 3 aromatic carbocycles. The van der Waals surface area contributed by atoms with E-state index in [0.29, 0.717) is 80.0 Å². The van der Waals surface area contributed by atoms with Gasteiger partial charge in [-0.25, -0.2) is 9.97 Å². The molecule has 0 aliphatic rings. The molecule has 0 bridgehead atoms. The van der Waals surface area contributed by atoms with Gasteiger partial charge in [0.1, 0.15) is 0 Å². The van der Waals surface area contributed by atoms with E-state index in [1.165, 1.54) is 154 Å². The quantitative estimate of drug-likeness (QED) is 0.0405. The molecule has 0 saturated heterocycles. The Morgan fingerprint density at radius 3 is 0.821 bits per heavy atom. The van der Waals surface area contributed by atoms with Gasteiger partial charge in [0.15, 0.2) is 28.8 Å². The first-order chi connectivity index (χ1) is 38.6. The third kappa shape index (κ3) is 27.6. The lowest BCUT2D eigenvalue weighted by Gasteiger charge is -2.20. The number of unbranched alkanes of at least 4 members (excludes halogenated alkanes) is 30. The number of ether oxygens (including phenoxy) is 6. The van der Waals surface area contributed by atoms with Crippen molar-refractivity contribution < 1.29 is 28.4 Å². The van der Waals surface area contributed by atoms with Gasteiger partial charge in [-0.2, -0.15) is 0 Å². The van der Waals surface area contributed by atoms with E-state index in [4.69, 9.17) is 38.4 Å². The fraction of sp³-hybridized carbons (Fsp3) is 0.686. The first-order valence-electron chi connectivity index (χ1n) is 32.6. The molecule has 0 aliphatic heterocycles. The van der Waals surface area contributed by atoms with E-state index in [9.17, 15) is 0 Å². The number of aromatic nitrogens is 2. The maximum absolute atomic E-state index is 6.82. The van der Waals surface area contributed by atoms with E-state index in [2.05, 4.69) is 102 Å². The summed E-state index contributed by atoms with van der Waals surface area (Å²) in [5.41, 5.74) is 4.35. The van der Waals surface area contributed by atoms with Gasteiger partial charge in [0.2, 0.25) is 11.5 Å². The van der Waals surface area contributed by atoms with Crippen LogP contribution in [0.1, 0.15) is 273 Å². The van der Waals surface area contributed by atoms with E-state index in [-0.39, 0.29) is 0 Å². The van der Waals surface area contributed by atoms with Crippen LogP contribution in [0.4, 0.5) is 0 Å². The van der Waals surface area contributed by atoms with Crippen molar-refractivity contribution >= 4 is 0 Å². The Hall–Kier alpha value is -4.46. The van der Waals surface area contributed by atoms with Gasteiger partial charge in [0.05, 0.1) is 51.0 Å². The summed E-state index contributed by atoms with van der Waals surface area (Å²) < 4.78 is 40.8. The Kier molecular flexibility index (Phi) is 37.5. The van der Waals surface area contributed by atoms with Crippen molar-refractivity contribution in [1.82, 2.24) is 9.97 Å². The number of nitrogens with zero attached hydrogens (tertiary/aromatic N) is 2. The Balaban J connectivity index is 1.86. The molecule has 438 valence electrons. The van der Waals surface area contributed by atoms with E-state index >= 15 is 0 Å². The Labute approximate surface area is 477 Å². The lowest BCUT2D eigenvalue weighted by atomic mass is 10.0. The van der Waals surface area contributed by atoms with Crippen molar-refractivity contribution in [2.45, 2.75) is 273 Å². The van der Waals surface area contributed by atoms with E-state index in [0.717, 1.165) is 105 Å². The minimum atomic E-state index is 0.593. The van der Waals surface area contributed by atoms with Crippen molar-refractivity contribution in [3.63, 3.8) is 0 Å². The summed E-state index contributed by atoms with van der Waals surface area (Å²) in [7, 11) is 0. The second kappa shape index (κ2) is 44.3. The van der Waals surface area contributed by atoms with Crippen LogP contribution in [0.15, 0.2) is 60.7 Å². The summed E-state index contributed by atoms with van der Waals surface area (Å²) in [5, 5.41) is 0. The molecule has 0 N–H and O–H groups in total. The standard InChI is InChI=1S/C70H112N2O6/c1-7-13-19-25-31-40-48-73-64-54-60(55-65(74-49-41-32-26-20-14-8-2)68(64)77-52-44-35-29-23-17-11-5)63-58-62(59-46-38-37-39-47-59)71-70(72-63)61-56-66(75-50-42-33-27-21-15-9-3)69(78-53-45-36-30-24-18-12-6)67(57-61)76-51-43-34-28-22-16-10-4/h37-39,46-47,54-58H,7-36,40-45,48-53H2,1-6H3. The van der Waals surface area contributed by atoms with Crippen LogP contribution in [-0.2, 0) is 0 Å². The highest BCUT2D eigenvalue weighted by molar-refractivity contribution is 5.76. The van der Waals surface area contributed by atoms with E-state index < -0.39 is 0 Å². The smallest absolute Gasteiger partial charge is 0.203 e. The Morgan fingerprint density at radius 2 is 0.513 bits per heavy atom. The molecule has 4 aromatic rings. The highest BCUT2D eigenvalue weighted by Gasteiger charge is 2.22. The Morgan fingerprint density at radius 1 is 0.256 bits per heavy atom. The molecule has 0 atom stereocenters. The minimum Gasteiger partial charge on any atom is -0.490 e. The van der Waals surface area contributed by atoms with Gasteiger partial charge in [-0.1, -0.05) is 264 Å². The predicted molar refractivity (Wildman–Crippen MR) is 332 cm³/mol. The molecule has 0 spiro atoms. The lowest BCUT2D eigenvalue weighted by molar-refractivity contribution is 0.234. The molecule has 8 nitrogen and oxygen atoms in total. The number of hydrogen-bond acceptors (Lipinski definition) is 8. The maximum Gasteiger partial charge on any atom is 0.203 e. The molecule has 0 amide bonds. The van der Waals surface area contributed by atoms with Crippen molar-refractivity contribution in [2.75, 3.05) is 39.6 Å². The highest BCUT2D eigenvalue weighted by Crippen LogP contribution is 2.45. The summed E-state index contributed by atoms with van der Waals surface area (Å²) in [6.45, 7) is 17.3. The van der Waals surface area contributed by atoms with Crippen LogP contribution in [0.25, 0.3) is 33.9 Å². The third-order valence-electron chi connectivity index (χ3n) is 14.9. The molecule has 1 aromatic heterocycles. The largest absolute Gasteiger partial charge is 0.490 e. The fourth-order valence-electron chi connectivity index (χ4n) is 10.00. The number of rotatable bonds is 51. The zero-order chi connectivity index (χ0) is 55.4. The van der Waals surface area contributed by atoms with Gasteiger partial charge in [0.25, 0.3) is 0 Å². The summed E-state index contributed by atoms with van der Waals surface area (Å²) in [6.07, 6.45) is 42.8.